The van der Waals surface area contributed by atoms with Gasteiger partial charge in [0.1, 0.15) is 0 Å². The van der Waals surface area contributed by atoms with Gasteiger partial charge in [-0.1, -0.05) is 24.3 Å². The Morgan fingerprint density at radius 1 is 0.632 bits per heavy atom. The summed E-state index contributed by atoms with van der Waals surface area (Å²) in [4.78, 5) is 21.4. The van der Waals surface area contributed by atoms with E-state index in [1.165, 1.54) is 24.3 Å². The van der Waals surface area contributed by atoms with Crippen LogP contribution >= 0.6 is 0 Å². The van der Waals surface area contributed by atoms with Crippen molar-refractivity contribution in [3.63, 3.8) is 0 Å². The van der Waals surface area contributed by atoms with Crippen molar-refractivity contribution in [2.45, 2.75) is 0 Å². The summed E-state index contributed by atoms with van der Waals surface area (Å²) in [7, 11) is 0. The molecule has 2 rings (SSSR count). The molecule has 2 N–H and O–H groups in total. The van der Waals surface area contributed by atoms with E-state index in [0.29, 0.717) is 0 Å². The van der Waals surface area contributed by atoms with Crippen LogP contribution in [0.15, 0.2) is 48.5 Å². The molecular weight excluding hydrogens is 239 g/mol. The molecule has 0 aliphatic carbocycles. The Labute approximate surface area is 121 Å². The zero-order valence-electron chi connectivity index (χ0n) is 9.33. The number of benzene rings is 2. The molecule has 0 bridgehead atoms. The summed E-state index contributed by atoms with van der Waals surface area (Å²) in [5.41, 5.74) is 2.13. The second-order valence-corrected chi connectivity index (χ2v) is 3.77. The molecule has 0 spiro atoms. The molecule has 0 saturated heterocycles. The normalized spacial score (nSPS) is 9.47. The van der Waals surface area contributed by atoms with Gasteiger partial charge in [0.2, 0.25) is 0 Å². The predicted octanol–water partition coefficient (Wildman–Crippen LogP) is 2.10. The quantitative estimate of drug-likeness (QED) is 0.818. The van der Waals surface area contributed by atoms with Gasteiger partial charge in [-0.05, 0) is 35.4 Å². The predicted molar refractivity (Wildman–Crippen MR) is 72.9 cm³/mol. The van der Waals surface area contributed by atoms with Crippen LogP contribution in [0.2, 0.25) is 0 Å². The van der Waals surface area contributed by atoms with Gasteiger partial charge in [-0.2, -0.15) is 0 Å². The molecule has 0 heterocycles. The van der Waals surface area contributed by atoms with E-state index in [0.717, 1.165) is 11.1 Å². The monoisotopic (exact) mass is 250 g/mol. The van der Waals surface area contributed by atoms with Crippen molar-refractivity contribution in [1.82, 2.24) is 0 Å². The fourth-order valence-corrected chi connectivity index (χ4v) is 1.61. The average Bonchev–Trinajstić information content (AvgIpc) is 2.39. The maximum atomic E-state index is 10.7. The molecule has 19 heavy (non-hydrogen) atoms. The van der Waals surface area contributed by atoms with Crippen molar-refractivity contribution in [2.75, 3.05) is 0 Å². The van der Waals surface area contributed by atoms with Gasteiger partial charge in [0.15, 0.2) is 0 Å². The number of hydrogen-bond donors (Lipinski definition) is 2. The van der Waals surface area contributed by atoms with Crippen LogP contribution in [0.1, 0.15) is 20.7 Å². The second kappa shape index (κ2) is 6.23. The van der Waals surface area contributed by atoms with Crippen LogP contribution < -0.4 is 0 Å². The van der Waals surface area contributed by atoms with E-state index < -0.39 is 11.9 Å². The van der Waals surface area contributed by atoms with E-state index in [9.17, 15) is 9.59 Å². The van der Waals surface area contributed by atoms with Gasteiger partial charge < -0.3 is 10.2 Å². The van der Waals surface area contributed by atoms with E-state index in [2.05, 4.69) is 0 Å². The Kier molecular flexibility index (Phi) is 4.93. The minimum atomic E-state index is -0.970. The topological polar surface area (TPSA) is 74.6 Å². The molecule has 0 amide bonds. The molecule has 92 valence electrons. The first kappa shape index (κ1) is 15.0. The van der Waals surface area contributed by atoms with Crippen LogP contribution in [-0.4, -0.2) is 41.0 Å². The molecular formula is C14H11LiO4. The Balaban J connectivity index is 0.00000180. The van der Waals surface area contributed by atoms with Gasteiger partial charge in [0, 0.05) is 0 Å². The third kappa shape index (κ3) is 3.47. The van der Waals surface area contributed by atoms with Crippen molar-refractivity contribution in [3.8, 4) is 11.1 Å². The first-order valence-corrected chi connectivity index (χ1v) is 5.25. The first-order valence-electron chi connectivity index (χ1n) is 5.25. The zero-order valence-corrected chi connectivity index (χ0v) is 9.33. The standard InChI is InChI=1S/C14H10O4.Li.H/c15-13(16)11-5-1-9(2-6-11)10-3-7-12(8-4-10)14(17)18;;/h1-8H,(H,15,16)(H,17,18);;. The molecule has 0 unspecified atom stereocenters. The molecule has 5 heteroatoms. The van der Waals surface area contributed by atoms with Crippen LogP contribution in [0, 0.1) is 0 Å². The summed E-state index contributed by atoms with van der Waals surface area (Å²) in [6.45, 7) is 0. The molecule has 0 aliphatic heterocycles. The van der Waals surface area contributed by atoms with E-state index in [4.69, 9.17) is 10.2 Å². The number of carbonyl (C=O) groups is 2. The number of rotatable bonds is 3. The van der Waals surface area contributed by atoms with Crippen LogP contribution in [0.3, 0.4) is 0 Å². The van der Waals surface area contributed by atoms with Crippen LogP contribution in [-0.2, 0) is 0 Å². The fraction of sp³-hybridized carbons (Fsp3) is 0. The molecule has 0 aliphatic rings. The maximum absolute atomic E-state index is 10.7. The van der Waals surface area contributed by atoms with E-state index in [-0.39, 0.29) is 30.0 Å². The van der Waals surface area contributed by atoms with Crippen molar-refractivity contribution in [2.24, 2.45) is 0 Å². The van der Waals surface area contributed by atoms with Gasteiger partial charge in [-0.3, -0.25) is 0 Å². The van der Waals surface area contributed by atoms with Crippen molar-refractivity contribution in [3.05, 3.63) is 59.7 Å². The molecule has 2 aromatic carbocycles. The summed E-state index contributed by atoms with van der Waals surface area (Å²) in [6, 6.07) is 12.8. The number of aromatic carboxylic acids is 2. The van der Waals surface area contributed by atoms with Gasteiger partial charge in [-0.15, -0.1) is 0 Å². The van der Waals surface area contributed by atoms with Gasteiger partial charge in [0.05, 0.1) is 11.1 Å². The van der Waals surface area contributed by atoms with Crippen molar-refractivity contribution >= 4 is 30.8 Å². The third-order valence-corrected chi connectivity index (χ3v) is 2.60. The molecule has 2 aromatic rings. The van der Waals surface area contributed by atoms with Crippen molar-refractivity contribution < 1.29 is 19.8 Å². The SMILES string of the molecule is O=C(O)c1ccc(-c2ccc(C(=O)O)cc2)cc1.[LiH]. The number of carboxylic acid groups (broad SMARTS) is 2. The molecule has 0 radical (unpaired) electrons. The molecule has 0 atom stereocenters. The van der Waals surface area contributed by atoms with Crippen LogP contribution in [0.25, 0.3) is 11.1 Å². The van der Waals surface area contributed by atoms with E-state index in [1.54, 1.807) is 24.3 Å². The van der Waals surface area contributed by atoms with Gasteiger partial charge >= 0.3 is 30.8 Å². The van der Waals surface area contributed by atoms with Crippen LogP contribution in [0.5, 0.6) is 0 Å². The third-order valence-electron chi connectivity index (χ3n) is 2.60. The Morgan fingerprint density at radius 2 is 0.895 bits per heavy atom. The molecule has 0 saturated carbocycles. The Morgan fingerprint density at radius 3 is 1.11 bits per heavy atom. The summed E-state index contributed by atoms with van der Waals surface area (Å²) in [6.07, 6.45) is 0. The minimum absolute atomic E-state index is 0. The molecule has 0 aromatic heterocycles. The number of carboxylic acids is 2. The fourth-order valence-electron chi connectivity index (χ4n) is 1.61. The summed E-state index contributed by atoms with van der Waals surface area (Å²) < 4.78 is 0. The number of hydrogen-bond acceptors (Lipinski definition) is 2. The first-order chi connectivity index (χ1) is 8.58. The summed E-state index contributed by atoms with van der Waals surface area (Å²) in [5.74, 6) is -1.94. The Hall–Kier alpha value is -2.02. The summed E-state index contributed by atoms with van der Waals surface area (Å²) >= 11 is 0. The van der Waals surface area contributed by atoms with Gasteiger partial charge in [0.25, 0.3) is 0 Å². The Bertz CT molecular complexity index is 532. The van der Waals surface area contributed by atoms with Gasteiger partial charge in [-0.25, -0.2) is 9.59 Å². The second-order valence-electron chi connectivity index (χ2n) is 3.77. The summed E-state index contributed by atoms with van der Waals surface area (Å²) in [5, 5.41) is 17.6. The van der Waals surface area contributed by atoms with Crippen LogP contribution in [0.4, 0.5) is 0 Å². The van der Waals surface area contributed by atoms with Crippen molar-refractivity contribution in [1.29, 1.82) is 0 Å². The van der Waals surface area contributed by atoms with E-state index >= 15 is 0 Å². The van der Waals surface area contributed by atoms with E-state index in [1.807, 2.05) is 0 Å². The zero-order chi connectivity index (χ0) is 13.1. The molecule has 4 nitrogen and oxygen atoms in total. The molecule has 0 fully saturated rings. The average molecular weight is 250 g/mol.